The number of hydrogen-bond donors (Lipinski definition) is 2. The molecule has 7 nitrogen and oxygen atoms in total. The molecule has 142 valence electrons. The van der Waals surface area contributed by atoms with E-state index in [0.29, 0.717) is 45.7 Å². The summed E-state index contributed by atoms with van der Waals surface area (Å²) in [7, 11) is 0. The molecule has 2 N–H and O–H groups in total. The van der Waals surface area contributed by atoms with Crippen LogP contribution in [0.3, 0.4) is 0 Å². The summed E-state index contributed by atoms with van der Waals surface area (Å²) >= 11 is 0. The summed E-state index contributed by atoms with van der Waals surface area (Å²) in [6.07, 6.45) is 4.70. The standard InChI is InChI=1S/C20H24N4O3/c25-18(7-6-16-5-3-9-21-16)24-11-15-12-27-14-20(15,13-24)19(26)23-10-17-4-1-2-8-22-17/h1-5,8-9,15,21H,6-7,10-14H2,(H,23,26)/t15-,20-/m1/s1. The summed E-state index contributed by atoms with van der Waals surface area (Å²) in [5, 5.41) is 2.99. The number of rotatable bonds is 6. The number of nitrogens with one attached hydrogen (secondary N) is 2. The highest BCUT2D eigenvalue weighted by Crippen LogP contribution is 2.41. The molecule has 0 radical (unpaired) electrons. The van der Waals surface area contributed by atoms with Crippen LogP contribution >= 0.6 is 0 Å². The molecule has 2 aromatic rings. The fourth-order valence-corrected chi connectivity index (χ4v) is 4.02. The van der Waals surface area contributed by atoms with E-state index in [1.54, 1.807) is 6.20 Å². The topological polar surface area (TPSA) is 87.3 Å². The maximum Gasteiger partial charge on any atom is 0.231 e. The molecule has 2 aliphatic rings. The van der Waals surface area contributed by atoms with Gasteiger partial charge in [0.25, 0.3) is 0 Å². The van der Waals surface area contributed by atoms with Gasteiger partial charge in [0.2, 0.25) is 11.8 Å². The fourth-order valence-electron chi connectivity index (χ4n) is 4.02. The Bertz CT molecular complexity index is 793. The average Bonchev–Trinajstić information content (AvgIpc) is 3.40. The minimum absolute atomic E-state index is 0.0460. The van der Waals surface area contributed by atoms with Crippen LogP contribution in [0.1, 0.15) is 17.8 Å². The largest absolute Gasteiger partial charge is 0.380 e. The highest BCUT2D eigenvalue weighted by molar-refractivity contribution is 5.86. The van der Waals surface area contributed by atoms with Crippen molar-refractivity contribution in [2.24, 2.45) is 11.3 Å². The Kier molecular flexibility index (Phi) is 4.94. The highest BCUT2D eigenvalue weighted by atomic mass is 16.5. The smallest absolute Gasteiger partial charge is 0.231 e. The number of aromatic amines is 1. The van der Waals surface area contributed by atoms with Crippen LogP contribution in [0, 0.1) is 11.3 Å². The summed E-state index contributed by atoms with van der Waals surface area (Å²) in [5.41, 5.74) is 1.22. The zero-order chi connectivity index (χ0) is 18.7. The Balaban J connectivity index is 1.37. The van der Waals surface area contributed by atoms with Crippen LogP contribution in [0.5, 0.6) is 0 Å². The Labute approximate surface area is 158 Å². The van der Waals surface area contributed by atoms with E-state index in [2.05, 4.69) is 15.3 Å². The number of pyridine rings is 1. The van der Waals surface area contributed by atoms with Crippen LogP contribution in [0.4, 0.5) is 0 Å². The first-order valence-electron chi connectivity index (χ1n) is 9.33. The summed E-state index contributed by atoms with van der Waals surface area (Å²) in [6, 6.07) is 9.53. The van der Waals surface area contributed by atoms with E-state index < -0.39 is 5.41 Å². The second-order valence-electron chi connectivity index (χ2n) is 7.34. The molecule has 27 heavy (non-hydrogen) atoms. The summed E-state index contributed by atoms with van der Waals surface area (Å²) in [5.74, 6) is 0.0990. The maximum absolute atomic E-state index is 13.0. The number of hydrogen-bond acceptors (Lipinski definition) is 4. The van der Waals surface area contributed by atoms with Crippen LogP contribution in [0.25, 0.3) is 0 Å². The third kappa shape index (κ3) is 3.60. The SMILES string of the molecule is O=C(CCc1ccc[nH]1)N1C[C@@H]2COC[C@]2(C(=O)NCc2ccccn2)C1. The van der Waals surface area contributed by atoms with Crippen molar-refractivity contribution < 1.29 is 14.3 Å². The van der Waals surface area contributed by atoms with Gasteiger partial charge in [-0.05, 0) is 30.7 Å². The molecule has 2 aromatic heterocycles. The fraction of sp³-hybridized carbons (Fsp3) is 0.450. The lowest BCUT2D eigenvalue weighted by atomic mass is 9.80. The van der Waals surface area contributed by atoms with E-state index in [1.807, 2.05) is 41.4 Å². The van der Waals surface area contributed by atoms with Crippen molar-refractivity contribution in [2.75, 3.05) is 26.3 Å². The number of H-pyrrole nitrogens is 1. The van der Waals surface area contributed by atoms with Crippen LogP contribution < -0.4 is 5.32 Å². The van der Waals surface area contributed by atoms with Gasteiger partial charge in [-0.3, -0.25) is 14.6 Å². The second kappa shape index (κ2) is 7.52. The maximum atomic E-state index is 13.0. The molecule has 0 saturated carbocycles. The van der Waals surface area contributed by atoms with E-state index in [4.69, 9.17) is 4.74 Å². The number of likely N-dealkylation sites (tertiary alicyclic amines) is 1. The van der Waals surface area contributed by atoms with E-state index in [-0.39, 0.29) is 17.7 Å². The van der Waals surface area contributed by atoms with Crippen molar-refractivity contribution in [1.82, 2.24) is 20.2 Å². The molecule has 2 atom stereocenters. The van der Waals surface area contributed by atoms with Crippen molar-refractivity contribution in [1.29, 1.82) is 0 Å². The van der Waals surface area contributed by atoms with E-state index in [9.17, 15) is 9.59 Å². The highest BCUT2D eigenvalue weighted by Gasteiger charge is 2.56. The third-order valence-electron chi connectivity index (χ3n) is 5.61. The van der Waals surface area contributed by atoms with Gasteiger partial charge in [0.1, 0.15) is 0 Å². The number of amides is 2. The predicted octanol–water partition coefficient (Wildman–Crippen LogP) is 1.13. The van der Waals surface area contributed by atoms with Crippen LogP contribution in [-0.2, 0) is 27.3 Å². The van der Waals surface area contributed by atoms with Gasteiger partial charge in [0, 0.05) is 43.5 Å². The van der Waals surface area contributed by atoms with Crippen molar-refractivity contribution in [2.45, 2.75) is 19.4 Å². The molecule has 2 saturated heterocycles. The first-order chi connectivity index (χ1) is 13.2. The van der Waals surface area contributed by atoms with Crippen molar-refractivity contribution in [3.05, 3.63) is 54.1 Å². The van der Waals surface area contributed by atoms with Gasteiger partial charge >= 0.3 is 0 Å². The van der Waals surface area contributed by atoms with Crippen LogP contribution in [0.2, 0.25) is 0 Å². The van der Waals surface area contributed by atoms with Crippen LogP contribution in [-0.4, -0.2) is 53.0 Å². The molecule has 2 fully saturated rings. The van der Waals surface area contributed by atoms with E-state index >= 15 is 0 Å². The summed E-state index contributed by atoms with van der Waals surface area (Å²) in [4.78, 5) is 34.8. The zero-order valence-corrected chi connectivity index (χ0v) is 15.2. The van der Waals surface area contributed by atoms with Crippen LogP contribution in [0.15, 0.2) is 42.7 Å². The molecule has 0 bridgehead atoms. The van der Waals surface area contributed by atoms with E-state index in [0.717, 1.165) is 11.4 Å². The first-order valence-corrected chi connectivity index (χ1v) is 9.33. The van der Waals surface area contributed by atoms with Gasteiger partial charge in [-0.2, -0.15) is 0 Å². The normalized spacial score (nSPS) is 24.0. The monoisotopic (exact) mass is 368 g/mol. The van der Waals surface area contributed by atoms with Gasteiger partial charge < -0.3 is 19.9 Å². The van der Waals surface area contributed by atoms with Gasteiger partial charge in [0.15, 0.2) is 0 Å². The predicted molar refractivity (Wildman–Crippen MR) is 98.5 cm³/mol. The van der Waals surface area contributed by atoms with Gasteiger partial charge in [0.05, 0.1) is 30.9 Å². The number of aromatic nitrogens is 2. The van der Waals surface area contributed by atoms with Gasteiger partial charge in [-0.15, -0.1) is 0 Å². The molecule has 0 aromatic carbocycles. The minimum Gasteiger partial charge on any atom is -0.380 e. The lowest BCUT2D eigenvalue weighted by molar-refractivity contribution is -0.134. The summed E-state index contributed by atoms with van der Waals surface area (Å²) in [6.45, 7) is 2.29. The van der Waals surface area contributed by atoms with Crippen molar-refractivity contribution >= 4 is 11.8 Å². The number of nitrogens with zero attached hydrogens (tertiary/aromatic N) is 2. The molecular weight excluding hydrogens is 344 g/mol. The second-order valence-corrected chi connectivity index (χ2v) is 7.34. The number of aryl methyl sites for hydroxylation is 1. The molecule has 4 heterocycles. The van der Waals surface area contributed by atoms with Gasteiger partial charge in [-0.25, -0.2) is 0 Å². The van der Waals surface area contributed by atoms with Gasteiger partial charge in [-0.1, -0.05) is 6.07 Å². The van der Waals surface area contributed by atoms with Crippen molar-refractivity contribution in [3.63, 3.8) is 0 Å². The molecule has 0 spiro atoms. The number of carbonyl (C=O) groups is 2. The first kappa shape index (κ1) is 17.7. The Morgan fingerprint density at radius 2 is 2.26 bits per heavy atom. The average molecular weight is 368 g/mol. The lowest BCUT2D eigenvalue weighted by Gasteiger charge is -2.26. The Morgan fingerprint density at radius 1 is 1.33 bits per heavy atom. The molecule has 0 aliphatic carbocycles. The zero-order valence-electron chi connectivity index (χ0n) is 15.2. The number of carbonyl (C=O) groups excluding carboxylic acids is 2. The minimum atomic E-state index is -0.642. The van der Waals surface area contributed by atoms with Crippen molar-refractivity contribution in [3.8, 4) is 0 Å². The number of fused-ring (bicyclic) bond motifs is 1. The Hall–Kier alpha value is -2.67. The molecule has 7 heteroatoms. The lowest BCUT2D eigenvalue weighted by Crippen LogP contribution is -2.46. The molecule has 2 amide bonds. The molecule has 0 unspecified atom stereocenters. The summed E-state index contributed by atoms with van der Waals surface area (Å²) < 4.78 is 5.62. The number of ether oxygens (including phenoxy) is 1. The quantitative estimate of drug-likeness (QED) is 0.800. The third-order valence-corrected chi connectivity index (χ3v) is 5.61. The Morgan fingerprint density at radius 3 is 3.04 bits per heavy atom. The molecular formula is C20H24N4O3. The molecule has 2 aliphatic heterocycles. The van der Waals surface area contributed by atoms with E-state index in [1.165, 1.54) is 0 Å². The molecule has 4 rings (SSSR count).